The number of nitrogens with one attached hydrogen (secondary N) is 1. The first kappa shape index (κ1) is 21.4. The van der Waals surface area contributed by atoms with Crippen LogP contribution in [0.25, 0.3) is 17.0 Å². The summed E-state index contributed by atoms with van der Waals surface area (Å²) in [5, 5.41) is 8.96. The zero-order valence-corrected chi connectivity index (χ0v) is 19.7. The van der Waals surface area contributed by atoms with E-state index in [1.165, 1.54) is 5.56 Å². The Morgan fingerprint density at radius 2 is 1.73 bits per heavy atom. The fourth-order valence-corrected chi connectivity index (χ4v) is 4.55. The van der Waals surface area contributed by atoms with Gasteiger partial charge in [-0.05, 0) is 55.9 Å². The molecular formula is C26H21ClN4OS. The molecule has 0 radical (unpaired) electrons. The van der Waals surface area contributed by atoms with Crippen LogP contribution in [-0.4, -0.2) is 15.3 Å². The maximum Gasteiger partial charge on any atom is 0.258 e. The van der Waals surface area contributed by atoms with Gasteiger partial charge in [0, 0.05) is 22.0 Å². The molecule has 1 atom stereocenters. The van der Waals surface area contributed by atoms with Crippen molar-refractivity contribution < 1.29 is 4.52 Å². The molecule has 1 N–H and O–H groups in total. The Morgan fingerprint density at radius 1 is 0.970 bits per heavy atom. The van der Waals surface area contributed by atoms with Crippen molar-refractivity contribution in [3.8, 4) is 11.4 Å². The Bertz CT molecular complexity index is 1350. The summed E-state index contributed by atoms with van der Waals surface area (Å²) in [6, 6.07) is 25.5. The highest BCUT2D eigenvalue weighted by Gasteiger charge is 2.34. The second-order valence-electron chi connectivity index (χ2n) is 7.90. The van der Waals surface area contributed by atoms with E-state index in [1.807, 2.05) is 66.4 Å². The van der Waals surface area contributed by atoms with Gasteiger partial charge in [0.25, 0.3) is 5.89 Å². The van der Waals surface area contributed by atoms with Crippen LogP contribution in [0.3, 0.4) is 0 Å². The summed E-state index contributed by atoms with van der Waals surface area (Å²) in [5.41, 5.74) is 5.80. The fraction of sp³-hybridized carbons (Fsp3) is 0.115. The number of para-hydroxylation sites is 1. The minimum Gasteiger partial charge on any atom is -0.351 e. The summed E-state index contributed by atoms with van der Waals surface area (Å²) in [7, 11) is 0. The first-order valence-electron chi connectivity index (χ1n) is 10.5. The number of benzene rings is 3. The van der Waals surface area contributed by atoms with Gasteiger partial charge in [-0.15, -0.1) is 0 Å². The monoisotopic (exact) mass is 472 g/mol. The van der Waals surface area contributed by atoms with Crippen molar-refractivity contribution in [2.45, 2.75) is 19.9 Å². The van der Waals surface area contributed by atoms with E-state index in [0.717, 1.165) is 28.1 Å². The molecular weight excluding hydrogens is 452 g/mol. The van der Waals surface area contributed by atoms with E-state index in [2.05, 4.69) is 41.7 Å². The van der Waals surface area contributed by atoms with Crippen LogP contribution in [0.4, 0.5) is 5.69 Å². The lowest BCUT2D eigenvalue weighted by atomic mass is 9.94. The Morgan fingerprint density at radius 3 is 2.45 bits per heavy atom. The van der Waals surface area contributed by atoms with Crippen LogP contribution in [0.15, 0.2) is 89.1 Å². The SMILES string of the molecule is CC1=C(c2nc(-c3cccc(Cl)c3)no2)C(c2ccc(C)cc2)NC(=S)N1c1ccccc1. The molecule has 3 aromatic carbocycles. The summed E-state index contributed by atoms with van der Waals surface area (Å²) >= 11 is 12.0. The number of aromatic nitrogens is 2. The van der Waals surface area contributed by atoms with Gasteiger partial charge in [-0.1, -0.05) is 76.9 Å². The Labute approximate surface area is 202 Å². The maximum atomic E-state index is 6.17. The second kappa shape index (κ2) is 8.81. The van der Waals surface area contributed by atoms with Crippen LogP contribution in [0, 0.1) is 6.92 Å². The molecule has 5 nitrogen and oxygen atoms in total. The van der Waals surface area contributed by atoms with Crippen molar-refractivity contribution in [1.29, 1.82) is 0 Å². The van der Waals surface area contributed by atoms with Crippen molar-refractivity contribution in [3.05, 3.63) is 107 Å². The molecule has 0 aliphatic carbocycles. The Kier molecular flexibility index (Phi) is 5.70. The third-order valence-electron chi connectivity index (χ3n) is 5.65. The number of anilines is 1. The summed E-state index contributed by atoms with van der Waals surface area (Å²) in [4.78, 5) is 6.74. The van der Waals surface area contributed by atoms with Gasteiger partial charge in [0.1, 0.15) is 0 Å². The van der Waals surface area contributed by atoms with E-state index in [1.54, 1.807) is 0 Å². The van der Waals surface area contributed by atoms with Crippen molar-refractivity contribution in [1.82, 2.24) is 15.5 Å². The van der Waals surface area contributed by atoms with E-state index in [-0.39, 0.29) is 6.04 Å². The van der Waals surface area contributed by atoms with Gasteiger partial charge < -0.3 is 9.84 Å². The predicted octanol–water partition coefficient (Wildman–Crippen LogP) is 6.57. The molecule has 0 bridgehead atoms. The molecule has 5 rings (SSSR count). The second-order valence-corrected chi connectivity index (χ2v) is 8.72. The smallest absolute Gasteiger partial charge is 0.258 e. The largest absolute Gasteiger partial charge is 0.351 e. The number of halogens is 1. The lowest BCUT2D eigenvalue weighted by Crippen LogP contribution is -2.46. The quantitative estimate of drug-likeness (QED) is 0.339. The van der Waals surface area contributed by atoms with E-state index >= 15 is 0 Å². The van der Waals surface area contributed by atoms with Gasteiger partial charge in [-0.25, -0.2) is 0 Å². The number of aryl methyl sites for hydroxylation is 1. The van der Waals surface area contributed by atoms with Gasteiger partial charge in [0.2, 0.25) is 5.82 Å². The standard InChI is InChI=1S/C26H21ClN4OS/c1-16-11-13-18(14-12-16)23-22(17(2)31(26(33)28-23)21-9-4-3-5-10-21)25-29-24(30-32-25)19-7-6-8-20(27)15-19/h3-15,23H,1-2H3,(H,28,33). The normalized spacial score (nSPS) is 16.2. The third-order valence-corrected chi connectivity index (χ3v) is 6.18. The topological polar surface area (TPSA) is 54.2 Å². The molecule has 0 amide bonds. The number of thiocarbonyl (C=S) groups is 1. The van der Waals surface area contributed by atoms with Crippen molar-refractivity contribution >= 4 is 40.2 Å². The Hall–Kier alpha value is -3.48. The molecule has 7 heteroatoms. The summed E-state index contributed by atoms with van der Waals surface area (Å²) in [6.07, 6.45) is 0. The highest BCUT2D eigenvalue weighted by molar-refractivity contribution is 7.80. The Balaban J connectivity index is 1.65. The van der Waals surface area contributed by atoms with Gasteiger partial charge >= 0.3 is 0 Å². The highest BCUT2D eigenvalue weighted by Crippen LogP contribution is 2.39. The molecule has 1 unspecified atom stereocenters. The fourth-order valence-electron chi connectivity index (χ4n) is 3.99. The zero-order chi connectivity index (χ0) is 22.9. The van der Waals surface area contributed by atoms with Crippen molar-refractivity contribution in [3.63, 3.8) is 0 Å². The average molecular weight is 473 g/mol. The zero-order valence-electron chi connectivity index (χ0n) is 18.1. The van der Waals surface area contributed by atoms with Crippen LogP contribution >= 0.6 is 23.8 Å². The van der Waals surface area contributed by atoms with Gasteiger partial charge in [-0.2, -0.15) is 4.98 Å². The number of hydrogen-bond donors (Lipinski definition) is 1. The molecule has 164 valence electrons. The summed E-state index contributed by atoms with van der Waals surface area (Å²) in [6.45, 7) is 4.09. The van der Waals surface area contributed by atoms with Gasteiger partial charge in [0.15, 0.2) is 5.11 Å². The first-order valence-corrected chi connectivity index (χ1v) is 11.3. The van der Waals surface area contributed by atoms with E-state index in [0.29, 0.717) is 21.9 Å². The van der Waals surface area contributed by atoms with Crippen LogP contribution < -0.4 is 10.2 Å². The van der Waals surface area contributed by atoms with Gasteiger partial charge in [0.05, 0.1) is 11.6 Å². The van der Waals surface area contributed by atoms with Crippen molar-refractivity contribution in [2.24, 2.45) is 0 Å². The molecule has 4 aromatic rings. The number of hydrogen-bond acceptors (Lipinski definition) is 4. The van der Waals surface area contributed by atoms with E-state index in [9.17, 15) is 0 Å². The number of rotatable bonds is 4. The minimum absolute atomic E-state index is 0.231. The molecule has 1 aliphatic rings. The van der Waals surface area contributed by atoms with Crippen LogP contribution in [0.1, 0.15) is 30.0 Å². The molecule has 0 fully saturated rings. The first-order chi connectivity index (χ1) is 16.0. The van der Waals surface area contributed by atoms with Crippen LogP contribution in [-0.2, 0) is 0 Å². The van der Waals surface area contributed by atoms with Crippen LogP contribution in [0.2, 0.25) is 5.02 Å². The molecule has 0 saturated carbocycles. The minimum atomic E-state index is -0.231. The molecule has 2 heterocycles. The summed E-state index contributed by atoms with van der Waals surface area (Å²) < 4.78 is 5.79. The molecule has 0 saturated heterocycles. The van der Waals surface area contributed by atoms with E-state index in [4.69, 9.17) is 33.3 Å². The average Bonchev–Trinajstić information content (AvgIpc) is 3.30. The van der Waals surface area contributed by atoms with Crippen molar-refractivity contribution in [2.75, 3.05) is 4.90 Å². The number of allylic oxidation sites excluding steroid dienone is 1. The summed E-state index contributed by atoms with van der Waals surface area (Å²) in [5.74, 6) is 0.916. The van der Waals surface area contributed by atoms with Gasteiger partial charge in [-0.3, -0.25) is 4.90 Å². The molecule has 1 aromatic heterocycles. The lowest BCUT2D eigenvalue weighted by Gasteiger charge is -2.37. The lowest BCUT2D eigenvalue weighted by molar-refractivity contribution is 0.404. The molecule has 0 spiro atoms. The highest BCUT2D eigenvalue weighted by atomic mass is 35.5. The molecule has 33 heavy (non-hydrogen) atoms. The van der Waals surface area contributed by atoms with Crippen LogP contribution in [0.5, 0.6) is 0 Å². The predicted molar refractivity (Wildman–Crippen MR) is 136 cm³/mol. The third kappa shape index (κ3) is 4.15. The van der Waals surface area contributed by atoms with E-state index < -0.39 is 0 Å². The maximum absolute atomic E-state index is 6.17. The molecule has 1 aliphatic heterocycles. The number of nitrogens with zero attached hydrogens (tertiary/aromatic N) is 3.